The van der Waals surface area contributed by atoms with E-state index in [2.05, 4.69) is 86.8 Å². The van der Waals surface area contributed by atoms with Crippen LogP contribution in [0.5, 0.6) is 0 Å². The van der Waals surface area contributed by atoms with Gasteiger partial charge < -0.3 is 28.5 Å². The number of nitrogens with zero attached hydrogens (tertiary/aromatic N) is 1. The molecule has 0 aliphatic rings. The van der Waals surface area contributed by atoms with Gasteiger partial charge in [0, 0.05) is 12.8 Å². The summed E-state index contributed by atoms with van der Waals surface area (Å²) >= 11 is 0. The number of hydrogen-bond acceptors (Lipinski definition) is 7. The molecule has 10 heteroatoms. The maximum Gasteiger partial charge on any atom is 0.306 e. The van der Waals surface area contributed by atoms with Gasteiger partial charge in [-0.15, -0.1) is 0 Å². The molecule has 0 rings (SSSR count). The molecule has 0 radical (unpaired) electrons. The van der Waals surface area contributed by atoms with Crippen LogP contribution in [-0.4, -0.2) is 69.4 Å². The van der Waals surface area contributed by atoms with Gasteiger partial charge >= 0.3 is 5.97 Å². The summed E-state index contributed by atoms with van der Waals surface area (Å²) in [6.45, 7) is 6.82. The van der Waals surface area contributed by atoms with Crippen LogP contribution in [0.2, 0.25) is 0 Å². The minimum absolute atomic E-state index is 0.0239. The van der Waals surface area contributed by atoms with E-state index in [-0.39, 0.29) is 31.5 Å². The zero-order chi connectivity index (χ0) is 61.4. The normalized spacial score (nSPS) is 13.9. The van der Waals surface area contributed by atoms with Crippen LogP contribution in [0, 0.1) is 0 Å². The van der Waals surface area contributed by atoms with Crippen LogP contribution in [0.15, 0.2) is 72.9 Å². The maximum absolute atomic E-state index is 13.6. The first kappa shape index (κ1) is 81.5. The van der Waals surface area contributed by atoms with Crippen molar-refractivity contribution >= 4 is 19.7 Å². The number of carbonyl (C=O) groups excluding carboxylic acids is 2. The largest absolute Gasteiger partial charge is 0.756 e. The van der Waals surface area contributed by atoms with E-state index in [9.17, 15) is 19.0 Å². The SMILES string of the molecule is CCCCC/C=C\C/C=C\C/C=C\CCCCCCCCCCCCCCC(=O)OC(/C=C/CCCCCCCCCCCC)C(COP(=O)([O-])OCC[N+](C)(C)C)NC(=O)CCCCCCCCCCCCC/C=C\C/C=C\CCCCC. The number of phosphoric ester groups is 1. The highest BCUT2D eigenvalue weighted by Crippen LogP contribution is 2.38. The predicted octanol–water partition coefficient (Wildman–Crippen LogP) is 22.1. The van der Waals surface area contributed by atoms with E-state index in [1.54, 1.807) is 0 Å². The van der Waals surface area contributed by atoms with Crippen molar-refractivity contribution < 1.29 is 37.3 Å². The molecule has 0 saturated carbocycles. The molecule has 0 heterocycles. The van der Waals surface area contributed by atoms with Crippen molar-refractivity contribution in [2.45, 2.75) is 348 Å². The van der Waals surface area contributed by atoms with E-state index in [1.807, 2.05) is 33.3 Å². The van der Waals surface area contributed by atoms with Crippen LogP contribution < -0.4 is 10.2 Å². The smallest absolute Gasteiger partial charge is 0.306 e. The predicted molar refractivity (Wildman–Crippen MR) is 362 cm³/mol. The van der Waals surface area contributed by atoms with Gasteiger partial charge in [0.15, 0.2) is 0 Å². The second kappa shape index (κ2) is 63.5. The molecule has 0 saturated heterocycles. The number of rotatable bonds is 65. The third-order valence-electron chi connectivity index (χ3n) is 15.9. The summed E-state index contributed by atoms with van der Waals surface area (Å²) in [5.74, 6) is -0.536. The number of allylic oxidation sites excluding steroid dienone is 11. The van der Waals surface area contributed by atoms with Gasteiger partial charge in [0.25, 0.3) is 7.82 Å². The van der Waals surface area contributed by atoms with Crippen molar-refractivity contribution in [3.63, 3.8) is 0 Å². The summed E-state index contributed by atoms with van der Waals surface area (Å²) in [4.78, 5) is 40.2. The van der Waals surface area contributed by atoms with Crippen molar-refractivity contribution in [1.82, 2.24) is 5.32 Å². The van der Waals surface area contributed by atoms with Crippen molar-refractivity contribution in [3.8, 4) is 0 Å². The summed E-state index contributed by atoms with van der Waals surface area (Å²) in [7, 11) is 1.19. The summed E-state index contributed by atoms with van der Waals surface area (Å²) in [6, 6.07) is -0.893. The lowest BCUT2D eigenvalue weighted by atomic mass is 10.0. The number of hydrogen-bond donors (Lipinski definition) is 1. The molecule has 0 aliphatic heterocycles. The van der Waals surface area contributed by atoms with E-state index in [1.165, 1.54) is 225 Å². The third-order valence-corrected chi connectivity index (χ3v) is 16.8. The molecule has 84 heavy (non-hydrogen) atoms. The standard InChI is InChI=1S/C74H137N2O7P/c1-7-10-13-16-19-22-25-28-30-32-34-36-37-38-39-41-43-45-47-49-52-55-58-61-64-67-74(78)83-72(65-62-59-56-53-50-27-24-21-18-15-12-9-3)71(70-82-84(79,80)81-69-68-76(4,5)6)75-73(77)66-63-60-57-54-51-48-46-44-42-40-35-33-31-29-26-23-20-17-14-11-8-2/h19-20,22-23,28-31,34,36,62,65,71-72H,7-18,21,24-27,32-33,35,37-61,63-64,66-70H2,1-6H3,(H-,75,77,79,80)/b22-19-,23-20-,30-28-,31-29-,36-34-,65-62+. The molecule has 490 valence electrons. The average molecular weight is 1200 g/mol. The second-order valence-electron chi connectivity index (χ2n) is 25.4. The van der Waals surface area contributed by atoms with Crippen LogP contribution in [-0.2, 0) is 27.9 Å². The summed E-state index contributed by atoms with van der Waals surface area (Å²) < 4.78 is 30.5. The zero-order valence-electron chi connectivity index (χ0n) is 56.1. The van der Waals surface area contributed by atoms with Crippen LogP contribution in [0.25, 0.3) is 0 Å². The molecular weight excluding hydrogens is 1060 g/mol. The molecule has 1 amide bonds. The Morgan fingerprint density at radius 3 is 1.11 bits per heavy atom. The quantitative estimate of drug-likeness (QED) is 0.0212. The molecule has 0 aromatic rings. The highest BCUT2D eigenvalue weighted by Gasteiger charge is 2.27. The Labute approximate surface area is 521 Å². The van der Waals surface area contributed by atoms with Crippen LogP contribution in [0.1, 0.15) is 335 Å². The molecule has 0 fully saturated rings. The van der Waals surface area contributed by atoms with E-state index in [0.29, 0.717) is 17.4 Å². The lowest BCUT2D eigenvalue weighted by Gasteiger charge is -2.30. The second-order valence-corrected chi connectivity index (χ2v) is 26.8. The van der Waals surface area contributed by atoms with Crippen LogP contribution in [0.3, 0.4) is 0 Å². The number of esters is 1. The molecule has 3 atom stereocenters. The molecule has 0 aromatic heterocycles. The summed E-state index contributed by atoms with van der Waals surface area (Å²) in [5, 5.41) is 3.04. The van der Waals surface area contributed by atoms with Crippen LogP contribution in [0.4, 0.5) is 0 Å². The molecule has 0 spiro atoms. The molecule has 0 aromatic carbocycles. The average Bonchev–Trinajstić information content (AvgIpc) is 3.64. The monoisotopic (exact) mass is 1200 g/mol. The number of quaternary nitrogens is 1. The Hall–Kier alpha value is -2.55. The molecular formula is C74H137N2O7P. The fourth-order valence-electron chi connectivity index (χ4n) is 10.3. The number of carbonyl (C=O) groups is 2. The summed E-state index contributed by atoms with van der Waals surface area (Å²) in [5.41, 5.74) is 0. The fraction of sp³-hybridized carbons (Fsp3) is 0.811. The number of nitrogens with one attached hydrogen (secondary N) is 1. The van der Waals surface area contributed by atoms with Gasteiger partial charge in [-0.3, -0.25) is 14.2 Å². The number of likely N-dealkylation sites (N-methyl/N-ethyl adjacent to an activating group) is 1. The highest BCUT2D eigenvalue weighted by molar-refractivity contribution is 7.45. The third kappa shape index (κ3) is 63.9. The van der Waals surface area contributed by atoms with Gasteiger partial charge in [-0.05, 0) is 102 Å². The zero-order valence-corrected chi connectivity index (χ0v) is 57.0. The molecule has 0 aliphatic carbocycles. The Bertz CT molecular complexity index is 1670. The van der Waals surface area contributed by atoms with Crippen molar-refractivity contribution in [3.05, 3.63) is 72.9 Å². The first-order valence-corrected chi connectivity index (χ1v) is 37.2. The van der Waals surface area contributed by atoms with Gasteiger partial charge in [0.2, 0.25) is 5.91 Å². The van der Waals surface area contributed by atoms with E-state index in [0.717, 1.165) is 77.0 Å². The minimum atomic E-state index is -4.71. The van der Waals surface area contributed by atoms with Crippen molar-refractivity contribution in [2.24, 2.45) is 0 Å². The first-order chi connectivity index (χ1) is 40.9. The fourth-order valence-corrected chi connectivity index (χ4v) is 11.0. The Kier molecular flexibility index (Phi) is 61.5. The molecule has 3 unspecified atom stereocenters. The van der Waals surface area contributed by atoms with Gasteiger partial charge in [0.05, 0.1) is 33.8 Å². The lowest BCUT2D eigenvalue weighted by molar-refractivity contribution is -0.870. The lowest BCUT2D eigenvalue weighted by Crippen LogP contribution is -2.47. The van der Waals surface area contributed by atoms with Gasteiger partial charge in [-0.1, -0.05) is 293 Å². The highest BCUT2D eigenvalue weighted by atomic mass is 31.2. The van der Waals surface area contributed by atoms with E-state index >= 15 is 0 Å². The molecule has 9 nitrogen and oxygen atoms in total. The Morgan fingerprint density at radius 2 is 0.726 bits per heavy atom. The summed E-state index contributed by atoms with van der Waals surface area (Å²) in [6.07, 6.45) is 83.0. The number of phosphoric acid groups is 1. The Balaban J connectivity index is 5.06. The van der Waals surface area contributed by atoms with E-state index in [4.69, 9.17) is 13.8 Å². The van der Waals surface area contributed by atoms with Crippen molar-refractivity contribution in [1.29, 1.82) is 0 Å². The number of unbranched alkanes of at least 4 members (excludes halogenated alkanes) is 39. The van der Waals surface area contributed by atoms with Gasteiger partial charge in [-0.25, -0.2) is 0 Å². The van der Waals surface area contributed by atoms with Crippen molar-refractivity contribution in [2.75, 3.05) is 40.9 Å². The van der Waals surface area contributed by atoms with E-state index < -0.39 is 20.0 Å². The van der Waals surface area contributed by atoms with Crippen LogP contribution >= 0.6 is 7.82 Å². The number of amides is 1. The topological polar surface area (TPSA) is 114 Å². The minimum Gasteiger partial charge on any atom is -0.756 e. The Morgan fingerprint density at radius 1 is 0.417 bits per heavy atom. The molecule has 1 N–H and O–H groups in total. The molecule has 0 bridgehead atoms. The first-order valence-electron chi connectivity index (χ1n) is 35.7. The number of ether oxygens (including phenoxy) is 1. The maximum atomic E-state index is 13.6. The van der Waals surface area contributed by atoms with Gasteiger partial charge in [0.1, 0.15) is 19.3 Å². The van der Waals surface area contributed by atoms with Gasteiger partial charge in [-0.2, -0.15) is 0 Å².